The molecule has 0 spiro atoms. The number of nitrogens with one attached hydrogen (secondary N) is 1. The van der Waals surface area contributed by atoms with Gasteiger partial charge in [0.1, 0.15) is 6.04 Å². The van der Waals surface area contributed by atoms with Gasteiger partial charge in [-0.1, -0.05) is 36.4 Å². The van der Waals surface area contributed by atoms with Crippen LogP contribution in [0, 0.1) is 6.92 Å². The van der Waals surface area contributed by atoms with Gasteiger partial charge in [0, 0.05) is 29.8 Å². The topological polar surface area (TPSA) is 89.9 Å². The Labute approximate surface area is 202 Å². The van der Waals surface area contributed by atoms with E-state index < -0.39 is 6.04 Å². The van der Waals surface area contributed by atoms with Gasteiger partial charge in [-0.25, -0.2) is 4.98 Å². The molecular formula is C27H27N4O2S+. The predicted octanol–water partition coefficient (Wildman–Crippen LogP) is 3.59. The Hall–Kier alpha value is -3.55. The SMILES string of the molecule is Cc1nc2cc(NC(=O)[C@H](Cc3ccccc3)N3CCc4cc(C[NH3+])ccc4C3=O)ccc2s1. The van der Waals surface area contributed by atoms with Crippen LogP contribution in [0.25, 0.3) is 10.2 Å². The van der Waals surface area contributed by atoms with Gasteiger partial charge in [0.15, 0.2) is 0 Å². The fourth-order valence-electron chi connectivity index (χ4n) is 4.54. The summed E-state index contributed by atoms with van der Waals surface area (Å²) >= 11 is 1.63. The number of benzene rings is 3. The number of quaternary nitrogens is 1. The second kappa shape index (κ2) is 9.37. The van der Waals surface area contributed by atoms with Gasteiger partial charge in [-0.3, -0.25) is 9.59 Å². The zero-order valence-corrected chi connectivity index (χ0v) is 19.9. The van der Waals surface area contributed by atoms with E-state index in [1.165, 1.54) is 0 Å². The predicted molar refractivity (Wildman–Crippen MR) is 135 cm³/mol. The van der Waals surface area contributed by atoms with E-state index in [-0.39, 0.29) is 11.8 Å². The van der Waals surface area contributed by atoms with E-state index in [0.29, 0.717) is 30.8 Å². The molecule has 172 valence electrons. The van der Waals surface area contributed by atoms with Crippen LogP contribution in [0.3, 0.4) is 0 Å². The molecule has 34 heavy (non-hydrogen) atoms. The van der Waals surface area contributed by atoms with Gasteiger partial charge >= 0.3 is 0 Å². The Morgan fingerprint density at radius 1 is 1.12 bits per heavy atom. The minimum absolute atomic E-state index is 0.0986. The largest absolute Gasteiger partial charge is 0.354 e. The van der Waals surface area contributed by atoms with Gasteiger partial charge in [-0.05, 0) is 54.8 Å². The number of carbonyl (C=O) groups excluding carboxylic acids is 2. The lowest BCUT2D eigenvalue weighted by Crippen LogP contribution is -2.51. The Bertz CT molecular complexity index is 1370. The zero-order valence-electron chi connectivity index (χ0n) is 19.1. The lowest BCUT2D eigenvalue weighted by atomic mass is 9.94. The monoisotopic (exact) mass is 471 g/mol. The number of thiazole rings is 1. The third-order valence-electron chi connectivity index (χ3n) is 6.28. The molecule has 0 fully saturated rings. The maximum atomic E-state index is 13.6. The van der Waals surface area contributed by atoms with Crippen LogP contribution >= 0.6 is 11.3 Å². The van der Waals surface area contributed by atoms with E-state index in [1.54, 1.807) is 16.2 Å². The number of hydrogen-bond acceptors (Lipinski definition) is 4. The number of carbonyl (C=O) groups is 2. The number of rotatable bonds is 6. The highest BCUT2D eigenvalue weighted by atomic mass is 32.1. The highest BCUT2D eigenvalue weighted by Gasteiger charge is 2.34. The highest BCUT2D eigenvalue weighted by Crippen LogP contribution is 2.26. The molecule has 1 aliphatic heterocycles. The standard InChI is InChI=1S/C27H26N4O2S/c1-17-29-23-15-21(8-10-25(23)34-17)30-26(32)24(14-18-5-3-2-4-6-18)31-12-11-20-13-19(16-28)7-9-22(20)27(31)33/h2-10,13,15,24H,11-12,14,16,28H2,1H3,(H,30,32)/p+1/t24-/m0/s1. The maximum absolute atomic E-state index is 13.6. The molecule has 0 aliphatic carbocycles. The molecule has 1 aromatic heterocycles. The number of anilines is 1. The number of aryl methyl sites for hydroxylation is 1. The number of fused-ring (bicyclic) bond motifs is 2. The summed E-state index contributed by atoms with van der Waals surface area (Å²) in [6.07, 6.45) is 1.17. The van der Waals surface area contributed by atoms with Crippen LogP contribution in [0.2, 0.25) is 0 Å². The first-order valence-electron chi connectivity index (χ1n) is 11.5. The normalized spacial score (nSPS) is 14.2. The van der Waals surface area contributed by atoms with Crippen molar-refractivity contribution < 1.29 is 15.3 Å². The van der Waals surface area contributed by atoms with Crippen LogP contribution in [-0.2, 0) is 24.2 Å². The second-order valence-electron chi connectivity index (χ2n) is 8.60. The zero-order chi connectivity index (χ0) is 23.7. The van der Waals surface area contributed by atoms with Crippen molar-refractivity contribution in [1.29, 1.82) is 0 Å². The van der Waals surface area contributed by atoms with Crippen molar-refractivity contribution in [2.75, 3.05) is 11.9 Å². The van der Waals surface area contributed by atoms with Crippen LogP contribution in [-0.4, -0.2) is 34.3 Å². The molecule has 0 unspecified atom stereocenters. The van der Waals surface area contributed by atoms with E-state index in [0.717, 1.165) is 38.3 Å². The van der Waals surface area contributed by atoms with Crippen molar-refractivity contribution in [3.05, 3.63) is 94.0 Å². The minimum Gasteiger partial charge on any atom is -0.354 e. The van der Waals surface area contributed by atoms with Gasteiger partial charge in [0.2, 0.25) is 5.91 Å². The third kappa shape index (κ3) is 4.44. The van der Waals surface area contributed by atoms with E-state index >= 15 is 0 Å². The average Bonchev–Trinajstić information content (AvgIpc) is 3.22. The molecule has 6 nitrogen and oxygen atoms in total. The van der Waals surface area contributed by atoms with Crippen LogP contribution in [0.4, 0.5) is 5.69 Å². The van der Waals surface area contributed by atoms with Crippen molar-refractivity contribution in [3.63, 3.8) is 0 Å². The first-order valence-corrected chi connectivity index (χ1v) is 12.3. The Morgan fingerprint density at radius 2 is 1.94 bits per heavy atom. The van der Waals surface area contributed by atoms with E-state index in [2.05, 4.69) is 22.1 Å². The van der Waals surface area contributed by atoms with E-state index in [1.807, 2.05) is 67.6 Å². The summed E-state index contributed by atoms with van der Waals surface area (Å²) in [6.45, 7) is 3.16. The summed E-state index contributed by atoms with van der Waals surface area (Å²) < 4.78 is 1.08. The van der Waals surface area contributed by atoms with Crippen molar-refractivity contribution in [2.45, 2.75) is 32.4 Å². The molecule has 7 heteroatoms. The molecule has 5 rings (SSSR count). The molecule has 0 saturated carbocycles. The van der Waals surface area contributed by atoms with Crippen molar-refractivity contribution >= 4 is 39.1 Å². The summed E-state index contributed by atoms with van der Waals surface area (Å²) in [6, 6.07) is 20.9. The Kier molecular flexibility index (Phi) is 6.13. The molecule has 3 aromatic carbocycles. The number of amides is 2. The fraction of sp³-hybridized carbons (Fsp3) is 0.222. The van der Waals surface area contributed by atoms with Gasteiger partial charge in [0.05, 0.1) is 21.8 Å². The summed E-state index contributed by atoms with van der Waals surface area (Å²) in [7, 11) is 0. The van der Waals surface area contributed by atoms with Crippen molar-refractivity contribution in [3.8, 4) is 0 Å². The second-order valence-corrected chi connectivity index (χ2v) is 9.83. The molecule has 0 saturated heterocycles. The molecule has 2 heterocycles. The van der Waals surface area contributed by atoms with Crippen LogP contribution < -0.4 is 11.1 Å². The summed E-state index contributed by atoms with van der Waals surface area (Å²) in [4.78, 5) is 33.3. The fourth-order valence-corrected chi connectivity index (χ4v) is 5.35. The summed E-state index contributed by atoms with van der Waals surface area (Å²) in [5, 5.41) is 4.03. The smallest absolute Gasteiger partial charge is 0.254 e. The van der Waals surface area contributed by atoms with Crippen LogP contribution in [0.5, 0.6) is 0 Å². The lowest BCUT2D eigenvalue weighted by Gasteiger charge is -2.35. The molecule has 0 bridgehead atoms. The Balaban J connectivity index is 1.44. The molecule has 4 N–H and O–H groups in total. The molecule has 2 amide bonds. The van der Waals surface area contributed by atoms with Crippen LogP contribution in [0.15, 0.2) is 66.7 Å². The molecule has 1 atom stereocenters. The molecule has 1 aliphatic rings. The van der Waals surface area contributed by atoms with E-state index in [9.17, 15) is 9.59 Å². The highest BCUT2D eigenvalue weighted by molar-refractivity contribution is 7.18. The minimum atomic E-state index is -0.622. The number of aromatic nitrogens is 1. The molecule has 4 aromatic rings. The molecular weight excluding hydrogens is 444 g/mol. The quantitative estimate of drug-likeness (QED) is 0.450. The van der Waals surface area contributed by atoms with Gasteiger partial charge in [0.25, 0.3) is 5.91 Å². The van der Waals surface area contributed by atoms with Crippen LogP contribution in [0.1, 0.15) is 32.1 Å². The van der Waals surface area contributed by atoms with Gasteiger partial charge in [-0.2, -0.15) is 0 Å². The number of nitrogens with zero attached hydrogens (tertiary/aromatic N) is 2. The van der Waals surface area contributed by atoms with Crippen molar-refractivity contribution in [1.82, 2.24) is 9.88 Å². The van der Waals surface area contributed by atoms with Crippen molar-refractivity contribution in [2.24, 2.45) is 0 Å². The Morgan fingerprint density at radius 3 is 2.74 bits per heavy atom. The summed E-state index contributed by atoms with van der Waals surface area (Å²) in [5.74, 6) is -0.292. The lowest BCUT2D eigenvalue weighted by molar-refractivity contribution is -0.386. The third-order valence-corrected chi connectivity index (χ3v) is 7.24. The summed E-state index contributed by atoms with van der Waals surface area (Å²) in [5.41, 5.74) is 9.33. The van der Waals surface area contributed by atoms with Gasteiger partial charge in [-0.15, -0.1) is 11.3 Å². The maximum Gasteiger partial charge on any atom is 0.254 e. The molecule has 0 radical (unpaired) electrons. The number of hydrogen-bond donors (Lipinski definition) is 2. The van der Waals surface area contributed by atoms with Gasteiger partial charge < -0.3 is 16.0 Å². The van der Waals surface area contributed by atoms with E-state index in [4.69, 9.17) is 0 Å². The first-order chi connectivity index (χ1) is 16.5. The first kappa shape index (κ1) is 22.3. The average molecular weight is 472 g/mol.